The molecule has 2 aromatic carbocycles. The van der Waals surface area contributed by atoms with E-state index in [-0.39, 0.29) is 5.43 Å². The Morgan fingerprint density at radius 1 is 1.19 bits per heavy atom. The van der Waals surface area contributed by atoms with E-state index in [0.717, 1.165) is 0 Å². The zero-order valence-corrected chi connectivity index (χ0v) is 14.0. The molecule has 5 nitrogen and oxygen atoms in total. The predicted octanol–water partition coefficient (Wildman–Crippen LogP) is 3.99. The SMILES string of the molecule is CC(c1oc2ccccc2c(=O)c1-c1cccc(F)c1)n1cc(N)cn1. The van der Waals surface area contributed by atoms with Gasteiger partial charge in [-0.15, -0.1) is 0 Å². The van der Waals surface area contributed by atoms with Crippen LogP contribution in [0.2, 0.25) is 0 Å². The van der Waals surface area contributed by atoms with E-state index in [1.54, 1.807) is 47.3 Å². The molecule has 0 radical (unpaired) electrons. The minimum absolute atomic E-state index is 0.209. The molecule has 1 atom stereocenters. The highest BCUT2D eigenvalue weighted by Crippen LogP contribution is 2.31. The molecule has 2 N–H and O–H groups in total. The molecule has 0 aliphatic heterocycles. The molecule has 0 saturated heterocycles. The smallest absolute Gasteiger partial charge is 0.200 e. The highest BCUT2D eigenvalue weighted by atomic mass is 19.1. The van der Waals surface area contributed by atoms with E-state index < -0.39 is 11.9 Å². The van der Waals surface area contributed by atoms with Crippen molar-refractivity contribution in [3.63, 3.8) is 0 Å². The summed E-state index contributed by atoms with van der Waals surface area (Å²) >= 11 is 0. The Hall–Kier alpha value is -3.41. The topological polar surface area (TPSA) is 74.0 Å². The van der Waals surface area contributed by atoms with Gasteiger partial charge in [0, 0.05) is 6.20 Å². The van der Waals surface area contributed by atoms with E-state index in [1.807, 2.05) is 6.92 Å². The second kappa shape index (κ2) is 6.15. The van der Waals surface area contributed by atoms with Crippen LogP contribution in [0.25, 0.3) is 22.1 Å². The van der Waals surface area contributed by atoms with Gasteiger partial charge in [-0.05, 0) is 36.8 Å². The molecule has 0 bridgehead atoms. The number of fused-ring (bicyclic) bond motifs is 1. The zero-order valence-electron chi connectivity index (χ0n) is 14.0. The number of nitrogens with two attached hydrogens (primary N) is 1. The van der Waals surface area contributed by atoms with Crippen LogP contribution in [-0.2, 0) is 0 Å². The fraction of sp³-hybridized carbons (Fsp3) is 0.100. The summed E-state index contributed by atoms with van der Waals surface area (Å²) in [6.45, 7) is 1.85. The lowest BCUT2D eigenvalue weighted by Gasteiger charge is -2.16. The summed E-state index contributed by atoms with van der Waals surface area (Å²) < 4.78 is 21.5. The molecule has 0 saturated carbocycles. The number of benzene rings is 2. The van der Waals surface area contributed by atoms with E-state index in [2.05, 4.69) is 5.10 Å². The first-order chi connectivity index (χ1) is 12.5. The lowest BCUT2D eigenvalue weighted by molar-refractivity contribution is 0.439. The van der Waals surface area contributed by atoms with Gasteiger partial charge in [-0.25, -0.2) is 4.39 Å². The zero-order chi connectivity index (χ0) is 18.3. The number of nitrogen functional groups attached to an aromatic ring is 1. The van der Waals surface area contributed by atoms with Crippen molar-refractivity contribution in [2.75, 3.05) is 5.73 Å². The van der Waals surface area contributed by atoms with Gasteiger partial charge in [0.05, 0.1) is 22.8 Å². The van der Waals surface area contributed by atoms with Crippen LogP contribution in [0.3, 0.4) is 0 Å². The fourth-order valence-electron chi connectivity index (χ4n) is 3.06. The molecule has 2 heterocycles. The van der Waals surface area contributed by atoms with Crippen LogP contribution < -0.4 is 11.2 Å². The third kappa shape index (κ3) is 2.65. The fourth-order valence-corrected chi connectivity index (χ4v) is 3.06. The summed E-state index contributed by atoms with van der Waals surface area (Å²) in [5.74, 6) is -0.0144. The molecule has 4 rings (SSSR count). The largest absolute Gasteiger partial charge is 0.458 e. The molecule has 0 aliphatic rings. The van der Waals surface area contributed by atoms with E-state index in [0.29, 0.717) is 33.5 Å². The van der Waals surface area contributed by atoms with E-state index in [1.165, 1.54) is 18.3 Å². The van der Waals surface area contributed by atoms with Gasteiger partial charge in [-0.3, -0.25) is 9.48 Å². The molecule has 6 heteroatoms. The first kappa shape index (κ1) is 16.1. The molecule has 0 fully saturated rings. The van der Waals surface area contributed by atoms with E-state index in [9.17, 15) is 9.18 Å². The molecule has 0 aliphatic carbocycles. The molecule has 4 aromatic rings. The number of anilines is 1. The van der Waals surface area contributed by atoms with Gasteiger partial charge in [0.2, 0.25) is 5.43 Å². The highest BCUT2D eigenvalue weighted by Gasteiger charge is 2.22. The first-order valence-corrected chi connectivity index (χ1v) is 8.16. The standard InChI is InChI=1S/C20H16FN3O2/c1-12(24-11-15(22)10-23-24)20-18(13-5-4-6-14(21)9-13)19(25)16-7-2-3-8-17(16)26-20/h2-12H,22H2,1H3. The van der Waals surface area contributed by atoms with Crippen LogP contribution in [0.4, 0.5) is 10.1 Å². The number of hydrogen-bond donors (Lipinski definition) is 1. The molecule has 0 amide bonds. The van der Waals surface area contributed by atoms with Crippen molar-refractivity contribution in [2.45, 2.75) is 13.0 Å². The highest BCUT2D eigenvalue weighted by molar-refractivity contribution is 5.83. The van der Waals surface area contributed by atoms with Crippen LogP contribution in [0, 0.1) is 5.82 Å². The Balaban J connectivity index is 2.04. The Morgan fingerprint density at radius 2 is 2.00 bits per heavy atom. The number of para-hydroxylation sites is 1. The van der Waals surface area contributed by atoms with Crippen molar-refractivity contribution < 1.29 is 8.81 Å². The Kier molecular flexibility index (Phi) is 3.80. The molecular weight excluding hydrogens is 333 g/mol. The van der Waals surface area contributed by atoms with Crippen LogP contribution in [0.1, 0.15) is 18.7 Å². The first-order valence-electron chi connectivity index (χ1n) is 8.16. The van der Waals surface area contributed by atoms with Crippen molar-refractivity contribution in [1.29, 1.82) is 0 Å². The summed E-state index contributed by atoms with van der Waals surface area (Å²) in [7, 11) is 0. The maximum absolute atomic E-state index is 13.8. The Bertz CT molecular complexity index is 1160. The molecule has 0 spiro atoms. The van der Waals surface area contributed by atoms with Crippen LogP contribution >= 0.6 is 0 Å². The number of rotatable bonds is 3. The van der Waals surface area contributed by atoms with Gasteiger partial charge in [0.1, 0.15) is 23.2 Å². The van der Waals surface area contributed by atoms with E-state index in [4.69, 9.17) is 10.2 Å². The van der Waals surface area contributed by atoms with Gasteiger partial charge in [-0.2, -0.15) is 5.10 Å². The number of hydrogen-bond acceptors (Lipinski definition) is 4. The third-order valence-electron chi connectivity index (χ3n) is 4.34. The Labute approximate surface area is 148 Å². The molecule has 1 unspecified atom stereocenters. The minimum Gasteiger partial charge on any atom is -0.458 e. The van der Waals surface area contributed by atoms with Crippen molar-refractivity contribution in [3.05, 3.63) is 82.7 Å². The van der Waals surface area contributed by atoms with Crippen molar-refractivity contribution >= 4 is 16.7 Å². The molecule has 2 aromatic heterocycles. The van der Waals surface area contributed by atoms with Crippen LogP contribution in [0.5, 0.6) is 0 Å². The average Bonchev–Trinajstić information content (AvgIpc) is 3.07. The maximum Gasteiger partial charge on any atom is 0.200 e. The van der Waals surface area contributed by atoms with Crippen molar-refractivity contribution in [3.8, 4) is 11.1 Å². The summed E-state index contributed by atoms with van der Waals surface area (Å²) in [6.07, 6.45) is 3.19. The van der Waals surface area contributed by atoms with Crippen molar-refractivity contribution in [1.82, 2.24) is 9.78 Å². The van der Waals surface area contributed by atoms with Gasteiger partial charge >= 0.3 is 0 Å². The number of halogens is 1. The normalized spacial score (nSPS) is 12.4. The summed E-state index contributed by atoms with van der Waals surface area (Å²) in [6, 6.07) is 12.5. The quantitative estimate of drug-likeness (QED) is 0.607. The van der Waals surface area contributed by atoms with Gasteiger partial charge in [0.25, 0.3) is 0 Å². The number of aromatic nitrogens is 2. The summed E-state index contributed by atoms with van der Waals surface area (Å²) in [5, 5.41) is 4.66. The lowest BCUT2D eigenvalue weighted by Crippen LogP contribution is -2.15. The second-order valence-corrected chi connectivity index (χ2v) is 6.11. The van der Waals surface area contributed by atoms with Crippen molar-refractivity contribution in [2.24, 2.45) is 0 Å². The molecule has 130 valence electrons. The molecular formula is C20H16FN3O2. The monoisotopic (exact) mass is 349 g/mol. The predicted molar refractivity (Wildman–Crippen MR) is 98.3 cm³/mol. The summed E-state index contributed by atoms with van der Waals surface area (Å²) in [5.41, 5.74) is 7.32. The van der Waals surface area contributed by atoms with Gasteiger partial charge in [0.15, 0.2) is 0 Å². The van der Waals surface area contributed by atoms with Gasteiger partial charge < -0.3 is 10.2 Å². The molecule has 26 heavy (non-hydrogen) atoms. The van der Waals surface area contributed by atoms with Crippen LogP contribution in [-0.4, -0.2) is 9.78 Å². The third-order valence-corrected chi connectivity index (χ3v) is 4.34. The maximum atomic E-state index is 13.8. The lowest BCUT2D eigenvalue weighted by atomic mass is 9.99. The van der Waals surface area contributed by atoms with Gasteiger partial charge in [-0.1, -0.05) is 24.3 Å². The number of nitrogens with zero attached hydrogens (tertiary/aromatic N) is 2. The minimum atomic E-state index is -0.419. The Morgan fingerprint density at radius 3 is 2.73 bits per heavy atom. The summed E-state index contributed by atoms with van der Waals surface area (Å²) in [4.78, 5) is 13.2. The van der Waals surface area contributed by atoms with E-state index >= 15 is 0 Å². The van der Waals surface area contributed by atoms with Crippen LogP contribution in [0.15, 0.2) is 70.1 Å². The average molecular weight is 349 g/mol. The second-order valence-electron chi connectivity index (χ2n) is 6.11.